The number of nitrogens with zero attached hydrogens (tertiary/aromatic N) is 1. The normalized spacial score (nSPS) is 18.3. The molecule has 2 aromatic rings. The van der Waals surface area contributed by atoms with Crippen molar-refractivity contribution in [3.05, 3.63) is 70.8 Å². The monoisotopic (exact) mass is 416 g/mol. The van der Waals surface area contributed by atoms with E-state index in [9.17, 15) is 18.0 Å². The fraction of sp³-hybridized carbons (Fsp3) is 0.273. The van der Waals surface area contributed by atoms with Gasteiger partial charge in [-0.1, -0.05) is 30.3 Å². The highest BCUT2D eigenvalue weighted by Gasteiger charge is 2.34. The fourth-order valence-corrected chi connectivity index (χ4v) is 3.75. The lowest BCUT2D eigenvalue weighted by Crippen LogP contribution is -2.39. The topological polar surface area (TPSA) is 59.9 Å². The first-order valence-electron chi connectivity index (χ1n) is 9.37. The van der Waals surface area contributed by atoms with Crippen LogP contribution in [-0.2, 0) is 17.6 Å². The molecule has 30 heavy (non-hydrogen) atoms. The van der Waals surface area contributed by atoms with Crippen LogP contribution in [0.25, 0.3) is 0 Å². The SMILES string of the molecule is COc1cc(OCc2ccccc2C(F)(F)F)ccc1C1CC(=O)NC2=NCC=C21. The molecule has 0 radical (unpaired) electrons. The summed E-state index contributed by atoms with van der Waals surface area (Å²) in [5.74, 6) is 1.15. The highest BCUT2D eigenvalue weighted by molar-refractivity contribution is 6.12. The first-order chi connectivity index (χ1) is 14.4. The molecule has 2 aromatic carbocycles. The zero-order chi connectivity index (χ0) is 21.3. The van der Waals surface area contributed by atoms with Gasteiger partial charge in [-0.05, 0) is 12.1 Å². The molecular formula is C22H19F3N2O3. The van der Waals surface area contributed by atoms with E-state index in [1.54, 1.807) is 24.3 Å². The summed E-state index contributed by atoms with van der Waals surface area (Å²) in [5.41, 5.74) is 1.08. The molecule has 0 aliphatic carbocycles. The number of amidine groups is 1. The zero-order valence-electron chi connectivity index (χ0n) is 16.1. The van der Waals surface area contributed by atoms with Gasteiger partial charge < -0.3 is 14.8 Å². The number of aliphatic imine (C=N–C) groups is 1. The highest BCUT2D eigenvalue weighted by atomic mass is 19.4. The first-order valence-corrected chi connectivity index (χ1v) is 9.37. The molecule has 8 heteroatoms. The number of carbonyl (C=O) groups excluding carboxylic acids is 1. The second-order valence-corrected chi connectivity index (χ2v) is 7.00. The number of ether oxygens (including phenoxy) is 2. The van der Waals surface area contributed by atoms with Crippen LogP contribution in [0.1, 0.15) is 29.0 Å². The third kappa shape index (κ3) is 3.90. The number of benzene rings is 2. The lowest BCUT2D eigenvalue weighted by Gasteiger charge is -2.26. The standard InChI is InChI=1S/C22H19F3N2O3/c1-29-19-10-14(30-12-13-4-2-3-5-18(13)22(23,24)25)6-7-15(19)17-11-20(28)27-21-16(17)8-9-26-21/h2-8,10,17H,9,11-12H2,1H3,(H,26,27,28). The zero-order valence-corrected chi connectivity index (χ0v) is 16.1. The molecule has 1 fully saturated rings. The number of hydrogen-bond acceptors (Lipinski definition) is 4. The molecule has 2 aliphatic heterocycles. The fourth-order valence-electron chi connectivity index (χ4n) is 3.75. The van der Waals surface area contributed by atoms with Crippen LogP contribution in [0.3, 0.4) is 0 Å². The lowest BCUT2D eigenvalue weighted by atomic mass is 9.84. The molecule has 1 saturated heterocycles. The van der Waals surface area contributed by atoms with Crippen molar-refractivity contribution >= 4 is 11.7 Å². The van der Waals surface area contributed by atoms with Gasteiger partial charge in [0.05, 0.1) is 19.2 Å². The molecule has 1 N–H and O–H groups in total. The predicted molar refractivity (Wildman–Crippen MR) is 105 cm³/mol. The van der Waals surface area contributed by atoms with Crippen molar-refractivity contribution in [1.29, 1.82) is 0 Å². The van der Waals surface area contributed by atoms with E-state index in [-0.39, 0.29) is 30.4 Å². The van der Waals surface area contributed by atoms with Gasteiger partial charge in [0.25, 0.3) is 0 Å². The van der Waals surface area contributed by atoms with Crippen LogP contribution in [0.4, 0.5) is 13.2 Å². The summed E-state index contributed by atoms with van der Waals surface area (Å²) in [6.07, 6.45) is -2.21. The lowest BCUT2D eigenvalue weighted by molar-refractivity contribution is -0.138. The molecule has 0 saturated carbocycles. The molecule has 156 valence electrons. The summed E-state index contributed by atoms with van der Waals surface area (Å²) in [5, 5.41) is 2.77. The molecule has 4 rings (SSSR count). The minimum Gasteiger partial charge on any atom is -0.496 e. The van der Waals surface area contributed by atoms with Gasteiger partial charge in [0.1, 0.15) is 23.9 Å². The molecular weight excluding hydrogens is 397 g/mol. The van der Waals surface area contributed by atoms with Crippen molar-refractivity contribution in [3.8, 4) is 11.5 Å². The molecule has 0 spiro atoms. The first kappa shape index (κ1) is 20.0. The van der Waals surface area contributed by atoms with Crippen LogP contribution < -0.4 is 14.8 Å². The average molecular weight is 416 g/mol. The largest absolute Gasteiger partial charge is 0.496 e. The molecule has 1 unspecified atom stereocenters. The van der Waals surface area contributed by atoms with Crippen LogP contribution in [0, 0.1) is 0 Å². The summed E-state index contributed by atoms with van der Waals surface area (Å²) >= 11 is 0. The summed E-state index contributed by atoms with van der Waals surface area (Å²) in [4.78, 5) is 16.3. The summed E-state index contributed by atoms with van der Waals surface area (Å²) in [6.45, 7) is 0.287. The number of nitrogens with one attached hydrogen (secondary N) is 1. The van der Waals surface area contributed by atoms with Crippen LogP contribution in [0.2, 0.25) is 0 Å². The van der Waals surface area contributed by atoms with Gasteiger partial charge in [-0.2, -0.15) is 13.2 Å². The molecule has 1 atom stereocenters. The second-order valence-electron chi connectivity index (χ2n) is 7.00. The number of carbonyl (C=O) groups is 1. The van der Waals surface area contributed by atoms with Crippen molar-refractivity contribution in [2.24, 2.45) is 4.99 Å². The molecule has 0 aromatic heterocycles. The number of rotatable bonds is 5. The van der Waals surface area contributed by atoms with Gasteiger partial charge in [0, 0.05) is 35.1 Å². The van der Waals surface area contributed by atoms with E-state index in [1.165, 1.54) is 19.2 Å². The molecule has 2 aliphatic rings. The van der Waals surface area contributed by atoms with Gasteiger partial charge in [-0.15, -0.1) is 0 Å². The van der Waals surface area contributed by atoms with Crippen LogP contribution >= 0.6 is 0 Å². The number of fused-ring (bicyclic) bond motifs is 1. The Hall–Kier alpha value is -3.29. The highest BCUT2D eigenvalue weighted by Crippen LogP contribution is 2.40. The summed E-state index contributed by atoms with van der Waals surface area (Å²) in [7, 11) is 1.50. The van der Waals surface area contributed by atoms with Crippen LogP contribution in [0.15, 0.2) is 59.1 Å². The van der Waals surface area contributed by atoms with Gasteiger partial charge in [-0.3, -0.25) is 9.79 Å². The molecule has 1 amide bonds. The van der Waals surface area contributed by atoms with E-state index in [1.807, 2.05) is 6.08 Å². The van der Waals surface area contributed by atoms with E-state index in [0.717, 1.165) is 17.2 Å². The Morgan fingerprint density at radius 2 is 2.00 bits per heavy atom. The van der Waals surface area contributed by atoms with Crippen LogP contribution in [-0.4, -0.2) is 25.4 Å². The number of methoxy groups -OCH3 is 1. The minimum absolute atomic E-state index is 0.0500. The summed E-state index contributed by atoms with van der Waals surface area (Å²) < 4.78 is 50.6. The Balaban J connectivity index is 1.57. The third-order valence-electron chi connectivity index (χ3n) is 5.15. The Bertz CT molecular complexity index is 1040. The number of piperidine rings is 1. The predicted octanol–water partition coefficient (Wildman–Crippen LogP) is 4.24. The molecule has 2 heterocycles. The number of halogens is 3. The average Bonchev–Trinajstić information content (AvgIpc) is 3.19. The van der Waals surface area contributed by atoms with Gasteiger partial charge >= 0.3 is 6.18 Å². The minimum atomic E-state index is -4.45. The third-order valence-corrected chi connectivity index (χ3v) is 5.15. The van der Waals surface area contributed by atoms with Gasteiger partial charge in [0.2, 0.25) is 5.91 Å². The molecule has 0 bridgehead atoms. The maximum absolute atomic E-state index is 13.2. The van der Waals surface area contributed by atoms with Crippen molar-refractivity contribution in [3.63, 3.8) is 0 Å². The Morgan fingerprint density at radius 1 is 1.20 bits per heavy atom. The Labute approximate surface area is 171 Å². The van der Waals surface area contributed by atoms with E-state index < -0.39 is 11.7 Å². The van der Waals surface area contributed by atoms with Crippen molar-refractivity contribution < 1.29 is 27.4 Å². The van der Waals surface area contributed by atoms with Crippen molar-refractivity contribution in [1.82, 2.24) is 5.32 Å². The smallest absolute Gasteiger partial charge is 0.416 e. The van der Waals surface area contributed by atoms with E-state index in [0.29, 0.717) is 23.9 Å². The Morgan fingerprint density at radius 3 is 2.77 bits per heavy atom. The number of amides is 1. The maximum Gasteiger partial charge on any atom is 0.416 e. The van der Waals surface area contributed by atoms with Gasteiger partial charge in [0.15, 0.2) is 0 Å². The van der Waals surface area contributed by atoms with Crippen molar-refractivity contribution in [2.45, 2.75) is 25.1 Å². The summed E-state index contributed by atoms with van der Waals surface area (Å²) in [6, 6.07) is 10.4. The maximum atomic E-state index is 13.2. The number of hydrogen-bond donors (Lipinski definition) is 1. The van der Waals surface area contributed by atoms with Crippen LogP contribution in [0.5, 0.6) is 11.5 Å². The Kier molecular flexibility index (Phi) is 5.24. The quantitative estimate of drug-likeness (QED) is 0.794. The molecule has 5 nitrogen and oxygen atoms in total. The number of alkyl halides is 3. The van der Waals surface area contributed by atoms with Gasteiger partial charge in [-0.25, -0.2) is 0 Å². The van der Waals surface area contributed by atoms with E-state index in [2.05, 4.69) is 10.3 Å². The van der Waals surface area contributed by atoms with E-state index in [4.69, 9.17) is 9.47 Å². The van der Waals surface area contributed by atoms with Crippen molar-refractivity contribution in [2.75, 3.05) is 13.7 Å². The van der Waals surface area contributed by atoms with E-state index >= 15 is 0 Å². The second kappa shape index (κ2) is 7.85.